The predicted octanol–water partition coefficient (Wildman–Crippen LogP) is 11.2. The maximum Gasteiger partial charge on any atom is 0.238 e. The van der Waals surface area contributed by atoms with Crippen LogP contribution in [0.2, 0.25) is 0 Å². The highest BCUT2D eigenvalue weighted by Gasteiger charge is 2.26. The van der Waals surface area contributed by atoms with Crippen LogP contribution in [0.1, 0.15) is 0 Å². The van der Waals surface area contributed by atoms with Crippen molar-refractivity contribution in [2.24, 2.45) is 0 Å². The molecule has 47 heavy (non-hydrogen) atoms. The van der Waals surface area contributed by atoms with Crippen LogP contribution in [0.15, 0.2) is 138 Å². The average Bonchev–Trinajstić information content (AvgIpc) is 3.82. The molecule has 6 heteroatoms. The third kappa shape index (κ3) is 3.34. The number of pyridine rings is 1. The molecule has 0 atom stereocenters. The normalized spacial score (nSPS) is 12.3. The number of nitrogens with zero attached hydrogens (tertiary/aromatic N) is 4. The van der Waals surface area contributed by atoms with E-state index >= 15 is 0 Å². The molecule has 0 saturated carbocycles. The lowest BCUT2D eigenvalue weighted by atomic mass is 9.98. The van der Waals surface area contributed by atoms with Crippen LogP contribution < -0.4 is 0 Å². The van der Waals surface area contributed by atoms with Gasteiger partial charge in [0.25, 0.3) is 0 Å². The third-order valence-electron chi connectivity index (χ3n) is 9.49. The Morgan fingerprint density at radius 2 is 1.30 bits per heavy atom. The Hall–Kier alpha value is -6.11. The second-order valence-corrected chi connectivity index (χ2v) is 13.0. The third-order valence-corrected chi connectivity index (χ3v) is 10.7. The number of hydrogen-bond acceptors (Lipinski definition) is 5. The van der Waals surface area contributed by atoms with Gasteiger partial charge in [-0.25, -0.2) is 4.98 Å². The molecule has 11 rings (SSSR count). The van der Waals surface area contributed by atoms with Gasteiger partial charge in [-0.1, -0.05) is 97.1 Å². The Morgan fingerprint density at radius 1 is 0.553 bits per heavy atom. The molecule has 0 unspecified atom stereocenters. The van der Waals surface area contributed by atoms with Crippen LogP contribution in [-0.2, 0) is 0 Å². The van der Waals surface area contributed by atoms with Gasteiger partial charge in [-0.15, -0.1) is 11.3 Å². The summed E-state index contributed by atoms with van der Waals surface area (Å²) in [5.41, 5.74) is 5.24. The van der Waals surface area contributed by atoms with Crippen LogP contribution in [0.3, 0.4) is 0 Å². The van der Waals surface area contributed by atoms with E-state index in [4.69, 9.17) is 14.4 Å². The van der Waals surface area contributed by atoms with E-state index in [1.54, 1.807) is 6.20 Å². The molecule has 11 aromatic rings. The van der Waals surface area contributed by atoms with Crippen molar-refractivity contribution in [2.75, 3.05) is 0 Å². The number of hydrogen-bond donors (Lipinski definition) is 0. The Balaban J connectivity index is 1.43. The summed E-state index contributed by atoms with van der Waals surface area (Å²) in [6.07, 6.45) is 3.66. The number of para-hydroxylation sites is 1. The van der Waals surface area contributed by atoms with Crippen LogP contribution in [-0.4, -0.2) is 19.5 Å². The van der Waals surface area contributed by atoms with E-state index in [9.17, 15) is 0 Å². The molecule has 0 amide bonds. The smallest absolute Gasteiger partial charge is 0.238 e. The fourth-order valence-corrected chi connectivity index (χ4v) is 8.82. The molecule has 0 fully saturated rings. The van der Waals surface area contributed by atoms with E-state index in [0.717, 1.165) is 44.0 Å². The van der Waals surface area contributed by atoms with Gasteiger partial charge in [-0.05, 0) is 40.4 Å². The molecule has 5 heterocycles. The molecule has 218 valence electrons. The van der Waals surface area contributed by atoms with E-state index in [1.807, 2.05) is 41.8 Å². The van der Waals surface area contributed by atoms with Gasteiger partial charge in [0.2, 0.25) is 11.7 Å². The molecule has 0 bridgehead atoms. The minimum Gasteiger partial charge on any atom is -0.437 e. The first-order valence-electron chi connectivity index (χ1n) is 15.6. The number of benzene rings is 6. The predicted molar refractivity (Wildman–Crippen MR) is 195 cm³/mol. The average molecular weight is 619 g/mol. The molecular weight excluding hydrogens is 597 g/mol. The molecular formula is C41H22N4OS. The Morgan fingerprint density at radius 3 is 2.15 bits per heavy atom. The molecule has 6 aromatic carbocycles. The Labute approximate surface area is 271 Å². The molecule has 0 aliphatic heterocycles. The molecule has 0 radical (unpaired) electrons. The molecule has 0 aliphatic rings. The first kappa shape index (κ1) is 25.1. The molecule has 5 nitrogen and oxygen atoms in total. The Kier molecular flexibility index (Phi) is 4.93. The van der Waals surface area contributed by atoms with E-state index in [2.05, 4.69) is 107 Å². The van der Waals surface area contributed by atoms with Crippen molar-refractivity contribution in [3.8, 4) is 17.2 Å². The number of aromatic nitrogens is 4. The van der Waals surface area contributed by atoms with Crippen LogP contribution >= 0.6 is 11.3 Å². The van der Waals surface area contributed by atoms with E-state index < -0.39 is 0 Å². The number of furan rings is 1. The fraction of sp³-hybridized carbons (Fsp3) is 0. The highest BCUT2D eigenvalue weighted by molar-refractivity contribution is 7.27. The van der Waals surface area contributed by atoms with Gasteiger partial charge in [0.05, 0.1) is 26.8 Å². The second kappa shape index (κ2) is 9.22. The van der Waals surface area contributed by atoms with Crippen LogP contribution in [0, 0.1) is 0 Å². The van der Waals surface area contributed by atoms with Gasteiger partial charge >= 0.3 is 0 Å². The standard InChI is InChI=1S/C41H22N4OS/c1-2-12-25-23(10-1)19-20-30-33-26-13-3-4-14-27(26)34-29-16-6-8-18-32(29)47-39(34)38(33)45(37(25)30)41-43-36(24-11-9-21-42-22-24)35-28-15-5-7-17-31(28)46-40(35)44-41/h1-22H. The largest absolute Gasteiger partial charge is 0.437 e. The lowest BCUT2D eigenvalue weighted by Crippen LogP contribution is -2.03. The van der Waals surface area contributed by atoms with Gasteiger partial charge in [0, 0.05) is 55.0 Å². The monoisotopic (exact) mass is 618 g/mol. The van der Waals surface area contributed by atoms with Crippen LogP contribution in [0.25, 0.3) is 103 Å². The topological polar surface area (TPSA) is 56.7 Å². The van der Waals surface area contributed by atoms with Crippen molar-refractivity contribution < 1.29 is 4.42 Å². The van der Waals surface area contributed by atoms with Crippen molar-refractivity contribution in [3.63, 3.8) is 0 Å². The van der Waals surface area contributed by atoms with E-state index in [-0.39, 0.29) is 0 Å². The minimum absolute atomic E-state index is 0.554. The second-order valence-electron chi connectivity index (χ2n) is 12.0. The van der Waals surface area contributed by atoms with Crippen molar-refractivity contribution in [2.45, 2.75) is 0 Å². The summed E-state index contributed by atoms with van der Waals surface area (Å²) in [6.45, 7) is 0. The summed E-state index contributed by atoms with van der Waals surface area (Å²) >= 11 is 1.83. The SMILES string of the molecule is c1cncc(-c2nc(-n3c4c5ccccc5ccc4c4c5ccccc5c5c6ccccc6sc5c43)nc3oc4ccccc4c23)c1. The lowest BCUT2D eigenvalue weighted by Gasteiger charge is -2.11. The first-order valence-corrected chi connectivity index (χ1v) is 16.4. The summed E-state index contributed by atoms with van der Waals surface area (Å²) < 4.78 is 11.3. The summed E-state index contributed by atoms with van der Waals surface area (Å²) in [7, 11) is 0. The van der Waals surface area contributed by atoms with Crippen molar-refractivity contribution >= 4 is 96.9 Å². The number of rotatable bonds is 2. The molecule has 5 aromatic heterocycles. The number of fused-ring (bicyclic) bond motifs is 15. The van der Waals surface area contributed by atoms with Crippen molar-refractivity contribution in [3.05, 3.63) is 134 Å². The van der Waals surface area contributed by atoms with Gasteiger partial charge in [0.1, 0.15) is 5.58 Å². The minimum atomic E-state index is 0.554. The zero-order valence-electron chi connectivity index (χ0n) is 24.8. The zero-order valence-corrected chi connectivity index (χ0v) is 25.6. The maximum atomic E-state index is 6.49. The lowest BCUT2D eigenvalue weighted by molar-refractivity contribution is 0.651. The number of thiophene rings is 1. The zero-order chi connectivity index (χ0) is 30.6. The first-order chi connectivity index (χ1) is 23.3. The highest BCUT2D eigenvalue weighted by atomic mass is 32.1. The summed E-state index contributed by atoms with van der Waals surface area (Å²) in [4.78, 5) is 15.2. The summed E-state index contributed by atoms with van der Waals surface area (Å²) in [5.74, 6) is 0.570. The van der Waals surface area contributed by atoms with Crippen LogP contribution in [0.5, 0.6) is 0 Å². The molecule has 0 aliphatic carbocycles. The summed E-state index contributed by atoms with van der Waals surface area (Å²) in [5, 5.41) is 11.6. The molecule has 0 spiro atoms. The molecule has 0 saturated heterocycles. The quantitative estimate of drug-likeness (QED) is 0.193. The maximum absolute atomic E-state index is 6.49. The molecule has 0 N–H and O–H groups in total. The highest BCUT2D eigenvalue weighted by Crippen LogP contribution is 2.49. The van der Waals surface area contributed by atoms with E-state index in [1.165, 1.54) is 47.1 Å². The van der Waals surface area contributed by atoms with Crippen molar-refractivity contribution in [1.29, 1.82) is 0 Å². The van der Waals surface area contributed by atoms with Gasteiger partial charge < -0.3 is 4.42 Å². The van der Waals surface area contributed by atoms with Crippen LogP contribution in [0.4, 0.5) is 0 Å². The van der Waals surface area contributed by atoms with Gasteiger partial charge in [-0.2, -0.15) is 4.98 Å². The van der Waals surface area contributed by atoms with Gasteiger partial charge in [0.15, 0.2) is 0 Å². The Bertz CT molecular complexity index is 3080. The van der Waals surface area contributed by atoms with E-state index in [0.29, 0.717) is 11.7 Å². The summed E-state index contributed by atoms with van der Waals surface area (Å²) in [6, 6.07) is 42.7. The fourth-order valence-electron chi connectivity index (χ4n) is 7.56. The van der Waals surface area contributed by atoms with Gasteiger partial charge in [-0.3, -0.25) is 9.55 Å². The van der Waals surface area contributed by atoms with Crippen molar-refractivity contribution in [1.82, 2.24) is 19.5 Å².